The number of aromatic nitrogens is 1. The normalized spacial score (nSPS) is 12.6. The number of hydrogen-bond acceptors (Lipinski definition) is 4. The van der Waals surface area contributed by atoms with E-state index in [1.807, 2.05) is 23.3 Å². The van der Waals surface area contributed by atoms with Crippen molar-refractivity contribution >= 4 is 23.1 Å². The highest BCUT2D eigenvalue weighted by molar-refractivity contribution is 8.01. The van der Waals surface area contributed by atoms with Crippen LogP contribution in [0.15, 0.2) is 40.2 Å². The molecule has 0 aliphatic rings. The molecule has 2 rings (SSSR count). The molecule has 0 aliphatic carbocycles. The van der Waals surface area contributed by atoms with Gasteiger partial charge >= 0.3 is 0 Å². The van der Waals surface area contributed by atoms with Gasteiger partial charge in [-0.05, 0) is 24.6 Å². The molecule has 96 valence electrons. The Bertz CT molecular complexity index is 468. The zero-order valence-corrected chi connectivity index (χ0v) is 12.4. The molecule has 0 bridgehead atoms. The second-order valence-electron chi connectivity index (χ2n) is 4.08. The van der Waals surface area contributed by atoms with Gasteiger partial charge < -0.3 is 5.32 Å². The van der Waals surface area contributed by atoms with Crippen LogP contribution >= 0.6 is 23.1 Å². The molecule has 1 aromatic carbocycles. The van der Waals surface area contributed by atoms with E-state index in [2.05, 4.69) is 48.4 Å². The molecule has 0 saturated heterocycles. The summed E-state index contributed by atoms with van der Waals surface area (Å²) in [6, 6.07) is 8.99. The van der Waals surface area contributed by atoms with E-state index in [1.165, 1.54) is 11.1 Å². The molecular formula is C14H18N2S2. The predicted octanol–water partition coefficient (Wildman–Crippen LogP) is 3.89. The van der Waals surface area contributed by atoms with Gasteiger partial charge in [-0.3, -0.25) is 0 Å². The molecule has 1 aromatic heterocycles. The quantitative estimate of drug-likeness (QED) is 0.811. The van der Waals surface area contributed by atoms with Crippen LogP contribution in [0.4, 0.5) is 0 Å². The lowest BCUT2D eigenvalue weighted by Gasteiger charge is -2.19. The van der Waals surface area contributed by atoms with Crippen molar-refractivity contribution in [3.05, 3.63) is 47.0 Å². The number of benzene rings is 1. The monoisotopic (exact) mass is 278 g/mol. The van der Waals surface area contributed by atoms with Crippen LogP contribution in [-0.2, 0) is 0 Å². The Hall–Kier alpha value is -0.840. The number of nitrogens with one attached hydrogen (secondary N) is 1. The van der Waals surface area contributed by atoms with E-state index < -0.39 is 0 Å². The molecule has 4 heteroatoms. The van der Waals surface area contributed by atoms with Crippen LogP contribution in [0.3, 0.4) is 0 Å². The van der Waals surface area contributed by atoms with Gasteiger partial charge in [0.05, 0.1) is 0 Å². The van der Waals surface area contributed by atoms with Crippen LogP contribution in [-0.4, -0.2) is 17.3 Å². The minimum Gasteiger partial charge on any atom is -0.309 e. The van der Waals surface area contributed by atoms with Gasteiger partial charge in [-0.2, -0.15) is 0 Å². The third-order valence-electron chi connectivity index (χ3n) is 2.80. The standard InChI is InChI=1S/C14H18N2S2/c1-3-15-13(10-18-14-16-8-9-17-14)12-7-5-4-6-11(12)2/h4-9,13,15H,3,10H2,1-2H3. The summed E-state index contributed by atoms with van der Waals surface area (Å²) >= 11 is 3.53. The van der Waals surface area contributed by atoms with Gasteiger partial charge in [0.15, 0.2) is 0 Å². The van der Waals surface area contributed by atoms with Crippen molar-refractivity contribution in [2.45, 2.75) is 24.2 Å². The Labute approximate surface area is 117 Å². The molecule has 1 heterocycles. The fourth-order valence-corrected chi connectivity index (χ4v) is 3.66. The van der Waals surface area contributed by atoms with E-state index in [0.717, 1.165) is 16.6 Å². The topological polar surface area (TPSA) is 24.9 Å². The number of aryl methyl sites for hydroxylation is 1. The summed E-state index contributed by atoms with van der Waals surface area (Å²) in [7, 11) is 0. The molecule has 0 aliphatic heterocycles. The maximum Gasteiger partial charge on any atom is 0.149 e. The average molecular weight is 278 g/mol. The Morgan fingerprint density at radius 2 is 2.22 bits per heavy atom. The first-order valence-corrected chi connectivity index (χ1v) is 7.99. The first kappa shape index (κ1) is 13.6. The van der Waals surface area contributed by atoms with Crippen molar-refractivity contribution in [3.8, 4) is 0 Å². The molecule has 0 amide bonds. The zero-order chi connectivity index (χ0) is 12.8. The van der Waals surface area contributed by atoms with Gasteiger partial charge in [0, 0.05) is 23.4 Å². The fourth-order valence-electron chi connectivity index (χ4n) is 1.92. The van der Waals surface area contributed by atoms with Crippen molar-refractivity contribution in [2.75, 3.05) is 12.3 Å². The van der Waals surface area contributed by atoms with Crippen LogP contribution < -0.4 is 5.32 Å². The maximum atomic E-state index is 4.32. The molecule has 1 atom stereocenters. The van der Waals surface area contributed by atoms with Gasteiger partial charge in [-0.25, -0.2) is 4.98 Å². The largest absolute Gasteiger partial charge is 0.309 e. The van der Waals surface area contributed by atoms with E-state index in [-0.39, 0.29) is 0 Å². The minimum atomic E-state index is 0.394. The lowest BCUT2D eigenvalue weighted by Crippen LogP contribution is -2.23. The molecule has 1 unspecified atom stereocenters. The Morgan fingerprint density at radius 3 is 2.89 bits per heavy atom. The van der Waals surface area contributed by atoms with E-state index in [0.29, 0.717) is 6.04 Å². The second kappa shape index (κ2) is 6.92. The summed E-state index contributed by atoms with van der Waals surface area (Å²) in [5.74, 6) is 1.02. The summed E-state index contributed by atoms with van der Waals surface area (Å²) in [4.78, 5) is 4.32. The van der Waals surface area contributed by atoms with Gasteiger partial charge in [0.25, 0.3) is 0 Å². The van der Waals surface area contributed by atoms with E-state index in [1.54, 1.807) is 11.3 Å². The van der Waals surface area contributed by atoms with Gasteiger partial charge in [-0.15, -0.1) is 11.3 Å². The average Bonchev–Trinajstić information content (AvgIpc) is 2.88. The number of thioether (sulfide) groups is 1. The number of rotatable bonds is 6. The van der Waals surface area contributed by atoms with Crippen LogP contribution in [0.5, 0.6) is 0 Å². The lowest BCUT2D eigenvalue weighted by molar-refractivity contribution is 0.603. The highest BCUT2D eigenvalue weighted by Crippen LogP contribution is 2.27. The SMILES string of the molecule is CCNC(CSc1nccs1)c1ccccc1C. The molecule has 0 radical (unpaired) electrons. The van der Waals surface area contributed by atoms with Gasteiger partial charge in [-0.1, -0.05) is 43.0 Å². The second-order valence-corrected chi connectivity index (χ2v) is 6.24. The third kappa shape index (κ3) is 3.57. The van der Waals surface area contributed by atoms with Crippen molar-refractivity contribution < 1.29 is 0 Å². The summed E-state index contributed by atoms with van der Waals surface area (Å²) in [5, 5.41) is 5.58. The van der Waals surface area contributed by atoms with E-state index in [4.69, 9.17) is 0 Å². The molecule has 0 fully saturated rings. The number of nitrogens with zero attached hydrogens (tertiary/aromatic N) is 1. The highest BCUT2D eigenvalue weighted by atomic mass is 32.2. The van der Waals surface area contributed by atoms with Crippen LogP contribution in [0.2, 0.25) is 0 Å². The highest BCUT2D eigenvalue weighted by Gasteiger charge is 2.13. The fraction of sp³-hybridized carbons (Fsp3) is 0.357. The van der Waals surface area contributed by atoms with Crippen LogP contribution in [0.25, 0.3) is 0 Å². The van der Waals surface area contributed by atoms with Crippen LogP contribution in [0.1, 0.15) is 24.1 Å². The third-order valence-corrected chi connectivity index (χ3v) is 4.86. The van der Waals surface area contributed by atoms with E-state index in [9.17, 15) is 0 Å². The van der Waals surface area contributed by atoms with Crippen LogP contribution in [0, 0.1) is 6.92 Å². The molecular weight excluding hydrogens is 260 g/mol. The smallest absolute Gasteiger partial charge is 0.149 e. The summed E-state index contributed by atoms with van der Waals surface area (Å²) in [5.41, 5.74) is 2.74. The van der Waals surface area contributed by atoms with Crippen molar-refractivity contribution in [1.82, 2.24) is 10.3 Å². The first-order valence-electron chi connectivity index (χ1n) is 6.12. The Balaban J connectivity index is 2.06. The lowest BCUT2D eigenvalue weighted by atomic mass is 10.0. The Morgan fingerprint density at radius 1 is 1.39 bits per heavy atom. The molecule has 0 saturated carbocycles. The molecule has 0 spiro atoms. The summed E-state index contributed by atoms with van der Waals surface area (Å²) in [6.07, 6.45) is 1.86. The molecule has 1 N–H and O–H groups in total. The number of hydrogen-bond donors (Lipinski definition) is 1. The predicted molar refractivity (Wildman–Crippen MR) is 80.4 cm³/mol. The first-order chi connectivity index (χ1) is 8.81. The Kier molecular flexibility index (Phi) is 5.23. The van der Waals surface area contributed by atoms with E-state index >= 15 is 0 Å². The minimum absolute atomic E-state index is 0.394. The van der Waals surface area contributed by atoms with Crippen molar-refractivity contribution in [3.63, 3.8) is 0 Å². The maximum absolute atomic E-state index is 4.32. The van der Waals surface area contributed by atoms with Gasteiger partial charge in [0.1, 0.15) is 4.34 Å². The summed E-state index contributed by atoms with van der Waals surface area (Å²) in [6.45, 7) is 5.31. The van der Waals surface area contributed by atoms with Crippen molar-refractivity contribution in [1.29, 1.82) is 0 Å². The summed E-state index contributed by atoms with van der Waals surface area (Å²) < 4.78 is 1.14. The number of thiazole rings is 1. The molecule has 18 heavy (non-hydrogen) atoms. The molecule has 2 nitrogen and oxygen atoms in total. The molecule has 2 aromatic rings. The van der Waals surface area contributed by atoms with Crippen molar-refractivity contribution in [2.24, 2.45) is 0 Å². The zero-order valence-electron chi connectivity index (χ0n) is 10.7. The van der Waals surface area contributed by atoms with Gasteiger partial charge in [0.2, 0.25) is 0 Å².